The number of para-hydroxylation sites is 1. The molecule has 0 bridgehead atoms. The Bertz CT molecular complexity index is 662. The maximum atomic E-state index is 12.1. The van der Waals surface area contributed by atoms with E-state index >= 15 is 0 Å². The minimum Gasteiger partial charge on any atom is -0.493 e. The van der Waals surface area contributed by atoms with Crippen LogP contribution in [0.5, 0.6) is 11.5 Å². The topological polar surface area (TPSA) is 71.3 Å². The van der Waals surface area contributed by atoms with Gasteiger partial charge in [0.25, 0.3) is 5.91 Å². The maximum absolute atomic E-state index is 12.1. The molecule has 1 aromatic carbocycles. The van der Waals surface area contributed by atoms with E-state index in [1.807, 2.05) is 5.38 Å². The highest BCUT2D eigenvalue weighted by atomic mass is 32.1. The van der Waals surface area contributed by atoms with Crippen LogP contribution in [0.25, 0.3) is 0 Å². The van der Waals surface area contributed by atoms with Gasteiger partial charge in [0.05, 0.1) is 25.9 Å². The smallest absolute Gasteiger partial charge is 0.253 e. The molecule has 0 aliphatic heterocycles. The molecule has 2 rings (SSSR count). The molecule has 0 saturated carbocycles. The molecular formula is C15H14N2O3S. The standard InChI is InChI=1S/C15H14N2O3S/c1-19-13-5-3-4-11(14(13)20-2)12(8-16)17-15(18)10-6-7-21-9-10/h3-7,9,12H,1-2H3,(H,17,18). The van der Waals surface area contributed by atoms with E-state index in [9.17, 15) is 10.1 Å². The third kappa shape index (κ3) is 3.15. The molecule has 5 nitrogen and oxygen atoms in total. The van der Waals surface area contributed by atoms with E-state index in [0.717, 1.165) is 0 Å². The zero-order chi connectivity index (χ0) is 15.2. The average molecular weight is 302 g/mol. The van der Waals surface area contributed by atoms with E-state index < -0.39 is 6.04 Å². The first kappa shape index (κ1) is 14.9. The lowest BCUT2D eigenvalue weighted by atomic mass is 10.1. The van der Waals surface area contributed by atoms with E-state index in [-0.39, 0.29) is 5.91 Å². The molecule has 1 unspecified atom stereocenters. The predicted molar refractivity (Wildman–Crippen MR) is 79.7 cm³/mol. The van der Waals surface area contributed by atoms with Crippen molar-refractivity contribution < 1.29 is 14.3 Å². The van der Waals surface area contributed by atoms with Gasteiger partial charge in [-0.05, 0) is 17.5 Å². The minimum atomic E-state index is -0.817. The lowest BCUT2D eigenvalue weighted by molar-refractivity contribution is 0.0945. The number of nitriles is 1. The number of carbonyl (C=O) groups excluding carboxylic acids is 1. The highest BCUT2D eigenvalue weighted by Crippen LogP contribution is 2.34. The van der Waals surface area contributed by atoms with Gasteiger partial charge in [-0.2, -0.15) is 16.6 Å². The van der Waals surface area contributed by atoms with E-state index in [2.05, 4.69) is 11.4 Å². The van der Waals surface area contributed by atoms with Crippen LogP contribution in [-0.2, 0) is 0 Å². The van der Waals surface area contributed by atoms with Crippen molar-refractivity contribution in [2.75, 3.05) is 14.2 Å². The summed E-state index contributed by atoms with van der Waals surface area (Å²) >= 11 is 1.42. The Balaban J connectivity index is 2.30. The third-order valence-corrected chi connectivity index (χ3v) is 3.62. The Morgan fingerprint density at radius 3 is 2.71 bits per heavy atom. The van der Waals surface area contributed by atoms with E-state index in [1.54, 1.807) is 29.6 Å². The summed E-state index contributed by atoms with van der Waals surface area (Å²) in [5, 5.41) is 15.6. The molecule has 0 aliphatic rings. The number of benzene rings is 1. The van der Waals surface area contributed by atoms with Crippen LogP contribution in [0.15, 0.2) is 35.0 Å². The Morgan fingerprint density at radius 1 is 1.33 bits per heavy atom. The largest absolute Gasteiger partial charge is 0.493 e. The number of carbonyl (C=O) groups is 1. The summed E-state index contributed by atoms with van der Waals surface area (Å²) in [6, 6.07) is 8.17. The molecule has 0 spiro atoms. The monoisotopic (exact) mass is 302 g/mol. The van der Waals surface area contributed by atoms with Gasteiger partial charge in [-0.3, -0.25) is 4.79 Å². The molecule has 1 amide bonds. The highest BCUT2D eigenvalue weighted by Gasteiger charge is 2.21. The van der Waals surface area contributed by atoms with Crippen LogP contribution in [0.3, 0.4) is 0 Å². The van der Waals surface area contributed by atoms with Gasteiger partial charge in [0.15, 0.2) is 11.5 Å². The number of methoxy groups -OCH3 is 2. The number of amides is 1. The molecule has 0 radical (unpaired) electrons. The van der Waals surface area contributed by atoms with Crippen LogP contribution in [0.4, 0.5) is 0 Å². The lowest BCUT2D eigenvalue weighted by Gasteiger charge is -2.17. The van der Waals surface area contributed by atoms with E-state index in [1.165, 1.54) is 25.6 Å². The quantitative estimate of drug-likeness (QED) is 0.922. The van der Waals surface area contributed by atoms with Crippen molar-refractivity contribution >= 4 is 17.2 Å². The van der Waals surface area contributed by atoms with Crippen molar-refractivity contribution in [1.82, 2.24) is 5.32 Å². The van der Waals surface area contributed by atoms with Crippen LogP contribution in [0.2, 0.25) is 0 Å². The first-order chi connectivity index (χ1) is 10.2. The fraction of sp³-hybridized carbons (Fsp3) is 0.200. The number of hydrogen-bond acceptors (Lipinski definition) is 5. The van der Waals surface area contributed by atoms with Gasteiger partial charge < -0.3 is 14.8 Å². The predicted octanol–water partition coefficient (Wildman–Crippen LogP) is 2.76. The Kier molecular flexibility index (Phi) is 4.80. The van der Waals surface area contributed by atoms with Crippen molar-refractivity contribution in [3.05, 3.63) is 46.2 Å². The van der Waals surface area contributed by atoms with Gasteiger partial charge in [-0.15, -0.1) is 0 Å². The van der Waals surface area contributed by atoms with Crippen LogP contribution in [0.1, 0.15) is 22.0 Å². The van der Waals surface area contributed by atoms with Gasteiger partial charge in [-0.25, -0.2) is 0 Å². The molecule has 108 valence electrons. The fourth-order valence-corrected chi connectivity index (χ4v) is 2.56. The first-order valence-electron chi connectivity index (χ1n) is 6.14. The average Bonchev–Trinajstić information content (AvgIpc) is 3.06. The van der Waals surface area contributed by atoms with Crippen molar-refractivity contribution in [3.8, 4) is 17.6 Å². The minimum absolute atomic E-state index is 0.298. The summed E-state index contributed by atoms with van der Waals surface area (Å²) in [6.07, 6.45) is 0. The molecule has 0 aliphatic carbocycles. The summed E-state index contributed by atoms with van der Waals surface area (Å²) in [5.74, 6) is 0.657. The normalized spacial score (nSPS) is 11.3. The maximum Gasteiger partial charge on any atom is 0.253 e. The molecule has 1 aromatic heterocycles. The molecule has 1 atom stereocenters. The Morgan fingerprint density at radius 2 is 2.14 bits per heavy atom. The number of nitrogens with zero attached hydrogens (tertiary/aromatic N) is 1. The van der Waals surface area contributed by atoms with Gasteiger partial charge in [-0.1, -0.05) is 12.1 Å². The Labute approximate surface area is 126 Å². The zero-order valence-electron chi connectivity index (χ0n) is 11.6. The lowest BCUT2D eigenvalue weighted by Crippen LogP contribution is -2.27. The molecule has 0 saturated heterocycles. The van der Waals surface area contributed by atoms with E-state index in [0.29, 0.717) is 22.6 Å². The molecule has 2 aromatic rings. The summed E-state index contributed by atoms with van der Waals surface area (Å²) in [7, 11) is 3.02. The first-order valence-corrected chi connectivity index (χ1v) is 7.09. The van der Waals surface area contributed by atoms with Gasteiger partial charge >= 0.3 is 0 Å². The second kappa shape index (κ2) is 6.77. The molecular weight excluding hydrogens is 288 g/mol. The molecule has 21 heavy (non-hydrogen) atoms. The summed E-state index contributed by atoms with van der Waals surface area (Å²) in [6.45, 7) is 0. The van der Waals surface area contributed by atoms with Crippen molar-refractivity contribution in [1.29, 1.82) is 5.26 Å². The van der Waals surface area contributed by atoms with Gasteiger partial charge in [0, 0.05) is 10.9 Å². The molecule has 0 fully saturated rings. The summed E-state index contributed by atoms with van der Waals surface area (Å²) in [5.41, 5.74) is 1.09. The second-order valence-electron chi connectivity index (χ2n) is 4.13. The molecule has 1 N–H and O–H groups in total. The number of hydrogen-bond donors (Lipinski definition) is 1. The number of ether oxygens (including phenoxy) is 2. The number of nitrogens with one attached hydrogen (secondary N) is 1. The second-order valence-corrected chi connectivity index (χ2v) is 4.91. The highest BCUT2D eigenvalue weighted by molar-refractivity contribution is 7.08. The van der Waals surface area contributed by atoms with Crippen molar-refractivity contribution in [3.63, 3.8) is 0 Å². The molecule has 6 heteroatoms. The Hall–Kier alpha value is -2.52. The number of rotatable bonds is 5. The van der Waals surface area contributed by atoms with Gasteiger partial charge in [0.2, 0.25) is 0 Å². The third-order valence-electron chi connectivity index (χ3n) is 2.93. The van der Waals surface area contributed by atoms with E-state index in [4.69, 9.17) is 9.47 Å². The van der Waals surface area contributed by atoms with Gasteiger partial charge in [0.1, 0.15) is 6.04 Å². The van der Waals surface area contributed by atoms with Crippen LogP contribution in [-0.4, -0.2) is 20.1 Å². The van der Waals surface area contributed by atoms with Crippen LogP contribution in [0, 0.1) is 11.3 Å². The number of thiophene rings is 1. The SMILES string of the molecule is COc1cccc(C(C#N)NC(=O)c2ccsc2)c1OC. The van der Waals surface area contributed by atoms with Crippen molar-refractivity contribution in [2.45, 2.75) is 6.04 Å². The van der Waals surface area contributed by atoms with Crippen LogP contribution >= 0.6 is 11.3 Å². The summed E-state index contributed by atoms with van der Waals surface area (Å²) in [4.78, 5) is 12.1. The zero-order valence-corrected chi connectivity index (χ0v) is 12.4. The summed E-state index contributed by atoms with van der Waals surface area (Å²) < 4.78 is 10.5. The van der Waals surface area contributed by atoms with Crippen molar-refractivity contribution in [2.24, 2.45) is 0 Å². The van der Waals surface area contributed by atoms with Crippen LogP contribution < -0.4 is 14.8 Å². The fourth-order valence-electron chi connectivity index (χ4n) is 1.93. The molecule has 1 heterocycles.